The Hall–Kier alpha value is -0.600. The molecule has 1 fully saturated rings. The summed E-state index contributed by atoms with van der Waals surface area (Å²) in [6.07, 6.45) is 3.04. The number of piperidine rings is 1. The van der Waals surface area contributed by atoms with Crippen molar-refractivity contribution in [3.05, 3.63) is 17.3 Å². The lowest BCUT2D eigenvalue weighted by Gasteiger charge is -2.30. The zero-order valence-electron chi connectivity index (χ0n) is 11.0. The highest BCUT2D eigenvalue weighted by Crippen LogP contribution is 2.21. The molecule has 4 N–H and O–H groups in total. The number of nitrogens with zero attached hydrogens (tertiary/aromatic N) is 1. The number of sulfonamides is 1. The Morgan fingerprint density at radius 1 is 1.55 bits per heavy atom. The molecule has 1 aromatic rings. The molecular weight excluding hydrogens is 323 g/mol. The van der Waals surface area contributed by atoms with Crippen molar-refractivity contribution in [1.29, 1.82) is 0 Å². The molecule has 0 bridgehead atoms. The molecule has 2 atom stereocenters. The lowest BCUT2D eigenvalue weighted by atomic mass is 10.0. The lowest BCUT2D eigenvalue weighted by molar-refractivity contribution is 0.349. The highest BCUT2D eigenvalue weighted by molar-refractivity contribution is 7.89. The zero-order chi connectivity index (χ0) is 14.0. The van der Waals surface area contributed by atoms with Crippen LogP contribution in [0.1, 0.15) is 19.8 Å². The minimum absolute atomic E-state index is 0. The zero-order valence-corrected chi connectivity index (χ0v) is 13.4. The fourth-order valence-corrected chi connectivity index (χ4v) is 3.79. The Morgan fingerprint density at radius 2 is 2.25 bits per heavy atom. The number of pyridine rings is 1. The van der Waals surface area contributed by atoms with E-state index in [0.29, 0.717) is 0 Å². The summed E-state index contributed by atoms with van der Waals surface area (Å²) in [6, 6.07) is 1.24. The van der Waals surface area contributed by atoms with Crippen LogP contribution >= 0.6 is 24.0 Å². The number of aromatic nitrogens is 1. The molecule has 2 unspecified atom stereocenters. The molecule has 1 saturated heterocycles. The quantitative estimate of drug-likeness (QED) is 0.766. The second kappa shape index (κ2) is 6.91. The lowest BCUT2D eigenvalue weighted by Crippen LogP contribution is -2.51. The molecule has 20 heavy (non-hydrogen) atoms. The van der Waals surface area contributed by atoms with Gasteiger partial charge in [0, 0.05) is 18.3 Å². The van der Waals surface area contributed by atoms with Crippen molar-refractivity contribution in [2.24, 2.45) is 0 Å². The number of nitrogens with two attached hydrogens (primary N) is 1. The van der Waals surface area contributed by atoms with Crippen molar-refractivity contribution in [3.63, 3.8) is 0 Å². The van der Waals surface area contributed by atoms with Gasteiger partial charge in [-0.3, -0.25) is 0 Å². The fraction of sp³-hybridized carbons (Fsp3) is 0.545. The molecule has 0 spiro atoms. The summed E-state index contributed by atoms with van der Waals surface area (Å²) in [6.45, 7) is 2.85. The monoisotopic (exact) mass is 340 g/mol. The standard InChI is InChI=1S/C11H17ClN4O2S.ClH/c1-7-9(3-2-4-14-7)16-19(17,18)10-5-8(12)6-15-11(10)13;/h5-7,9,14,16H,2-4H2,1H3,(H2,13,15);1H. The van der Waals surface area contributed by atoms with Crippen molar-refractivity contribution < 1.29 is 8.42 Å². The van der Waals surface area contributed by atoms with Crippen LogP contribution in [0.25, 0.3) is 0 Å². The van der Waals surface area contributed by atoms with Crippen molar-refractivity contribution in [2.45, 2.75) is 36.7 Å². The van der Waals surface area contributed by atoms with Crippen LogP contribution in [0.5, 0.6) is 0 Å². The van der Waals surface area contributed by atoms with Crippen LogP contribution in [0.15, 0.2) is 17.2 Å². The maximum atomic E-state index is 12.3. The van der Waals surface area contributed by atoms with Gasteiger partial charge in [-0.25, -0.2) is 18.1 Å². The largest absolute Gasteiger partial charge is 0.383 e. The minimum atomic E-state index is -3.71. The smallest absolute Gasteiger partial charge is 0.244 e. The van der Waals surface area contributed by atoms with E-state index in [1.54, 1.807) is 0 Å². The van der Waals surface area contributed by atoms with E-state index in [4.69, 9.17) is 17.3 Å². The van der Waals surface area contributed by atoms with Gasteiger partial charge in [-0.1, -0.05) is 11.6 Å². The Bertz CT molecular complexity index is 568. The van der Waals surface area contributed by atoms with Crippen molar-refractivity contribution >= 4 is 39.8 Å². The van der Waals surface area contributed by atoms with Crippen molar-refractivity contribution in [2.75, 3.05) is 12.3 Å². The van der Waals surface area contributed by atoms with E-state index in [1.165, 1.54) is 12.3 Å². The highest BCUT2D eigenvalue weighted by Gasteiger charge is 2.28. The van der Waals surface area contributed by atoms with Crippen LogP contribution in [0.2, 0.25) is 5.02 Å². The highest BCUT2D eigenvalue weighted by atomic mass is 35.5. The first-order valence-corrected chi connectivity index (χ1v) is 7.93. The van der Waals surface area contributed by atoms with Crippen LogP contribution in [0.3, 0.4) is 0 Å². The van der Waals surface area contributed by atoms with Gasteiger partial charge in [0.25, 0.3) is 0 Å². The number of nitrogen functional groups attached to an aromatic ring is 1. The molecule has 1 aliphatic heterocycles. The van der Waals surface area contributed by atoms with Gasteiger partial charge in [0.05, 0.1) is 5.02 Å². The number of hydrogen-bond donors (Lipinski definition) is 3. The number of rotatable bonds is 3. The predicted octanol–water partition coefficient (Wildman–Crippen LogP) is 1.16. The maximum absolute atomic E-state index is 12.3. The van der Waals surface area contributed by atoms with E-state index in [-0.39, 0.29) is 40.2 Å². The second-order valence-corrected chi connectivity index (χ2v) is 6.77. The molecule has 9 heteroatoms. The molecule has 0 aromatic carbocycles. The SMILES string of the molecule is CC1NCCCC1NS(=O)(=O)c1cc(Cl)cnc1N.Cl. The van der Waals surface area contributed by atoms with Crippen LogP contribution < -0.4 is 15.8 Å². The summed E-state index contributed by atoms with van der Waals surface area (Å²) in [7, 11) is -3.71. The summed E-state index contributed by atoms with van der Waals surface area (Å²) in [5.41, 5.74) is 5.61. The molecule has 1 aromatic heterocycles. The van der Waals surface area contributed by atoms with Gasteiger partial charge in [-0.2, -0.15) is 0 Å². The van der Waals surface area contributed by atoms with E-state index in [1.807, 2.05) is 6.92 Å². The molecule has 2 heterocycles. The van der Waals surface area contributed by atoms with Crippen molar-refractivity contribution in [1.82, 2.24) is 15.0 Å². The first-order chi connectivity index (χ1) is 8.90. The minimum Gasteiger partial charge on any atom is -0.383 e. The van der Waals surface area contributed by atoms with E-state index < -0.39 is 10.0 Å². The van der Waals surface area contributed by atoms with Gasteiger partial charge in [0.15, 0.2) is 0 Å². The molecular formula is C11H18Cl2N4O2S. The van der Waals surface area contributed by atoms with Gasteiger partial charge in [-0.05, 0) is 32.4 Å². The Kier molecular flexibility index (Phi) is 6.03. The molecule has 6 nitrogen and oxygen atoms in total. The topological polar surface area (TPSA) is 97.1 Å². The van der Waals surface area contributed by atoms with Crippen LogP contribution in [-0.4, -0.2) is 32.0 Å². The van der Waals surface area contributed by atoms with Gasteiger partial charge >= 0.3 is 0 Å². The number of anilines is 1. The number of hydrogen-bond acceptors (Lipinski definition) is 5. The van der Waals surface area contributed by atoms with Crippen LogP contribution in [0.4, 0.5) is 5.82 Å². The van der Waals surface area contributed by atoms with Gasteiger partial charge < -0.3 is 11.1 Å². The van der Waals surface area contributed by atoms with Crippen molar-refractivity contribution in [3.8, 4) is 0 Å². The Morgan fingerprint density at radius 3 is 2.90 bits per heavy atom. The van der Waals surface area contributed by atoms with Gasteiger partial charge in [-0.15, -0.1) is 12.4 Å². The van der Waals surface area contributed by atoms with Crippen LogP contribution in [-0.2, 0) is 10.0 Å². The van der Waals surface area contributed by atoms with E-state index in [9.17, 15) is 8.42 Å². The summed E-state index contributed by atoms with van der Waals surface area (Å²) in [4.78, 5) is 3.70. The summed E-state index contributed by atoms with van der Waals surface area (Å²) in [5.74, 6) is -0.0479. The van der Waals surface area contributed by atoms with E-state index in [2.05, 4.69) is 15.0 Å². The van der Waals surface area contributed by atoms with E-state index >= 15 is 0 Å². The normalized spacial score (nSPS) is 23.1. The molecule has 114 valence electrons. The molecule has 0 saturated carbocycles. The summed E-state index contributed by atoms with van der Waals surface area (Å²) >= 11 is 5.77. The average molecular weight is 341 g/mol. The molecule has 2 rings (SSSR count). The van der Waals surface area contributed by atoms with E-state index in [0.717, 1.165) is 19.4 Å². The Balaban J connectivity index is 0.00000200. The first kappa shape index (κ1) is 17.5. The molecule has 0 radical (unpaired) electrons. The van der Waals surface area contributed by atoms with Gasteiger partial charge in [0.1, 0.15) is 10.7 Å². The third kappa shape index (κ3) is 3.95. The fourth-order valence-electron chi connectivity index (χ4n) is 2.11. The average Bonchev–Trinajstić information content (AvgIpc) is 2.35. The maximum Gasteiger partial charge on any atom is 0.244 e. The number of nitrogens with one attached hydrogen (secondary N) is 2. The van der Waals surface area contributed by atoms with Gasteiger partial charge in [0.2, 0.25) is 10.0 Å². The first-order valence-electron chi connectivity index (χ1n) is 6.07. The molecule has 0 aliphatic carbocycles. The summed E-state index contributed by atoms with van der Waals surface area (Å²) < 4.78 is 27.3. The molecule has 1 aliphatic rings. The third-order valence-electron chi connectivity index (χ3n) is 3.21. The third-order valence-corrected chi connectivity index (χ3v) is 4.93. The second-order valence-electron chi connectivity index (χ2n) is 4.65. The summed E-state index contributed by atoms with van der Waals surface area (Å²) in [5, 5.41) is 3.47. The molecule has 0 amide bonds. The predicted molar refractivity (Wildman–Crippen MR) is 81.7 cm³/mol. The Labute approximate surface area is 129 Å². The number of halogens is 2. The van der Waals surface area contributed by atoms with Crippen LogP contribution in [0, 0.1) is 0 Å².